The van der Waals surface area contributed by atoms with E-state index in [2.05, 4.69) is 21.2 Å². The van der Waals surface area contributed by atoms with E-state index in [-0.39, 0.29) is 5.91 Å². The second kappa shape index (κ2) is 5.07. The van der Waals surface area contributed by atoms with Gasteiger partial charge in [0.15, 0.2) is 0 Å². The minimum absolute atomic E-state index is 0.215. The summed E-state index contributed by atoms with van der Waals surface area (Å²) in [6.07, 6.45) is 0.360. The lowest BCUT2D eigenvalue weighted by Crippen LogP contribution is -2.45. The number of amides is 1. The maximum Gasteiger partial charge on any atom is 0.262 e. The number of alkyl halides is 2. The molecule has 20 heavy (non-hydrogen) atoms. The first-order valence-electron chi connectivity index (χ1n) is 6.62. The zero-order chi connectivity index (χ0) is 14.3. The average molecular weight is 345 g/mol. The van der Waals surface area contributed by atoms with Gasteiger partial charge in [-0.2, -0.15) is 0 Å². The molecule has 2 aliphatic heterocycles. The number of hydrogen-bond acceptors (Lipinski definition) is 2. The van der Waals surface area contributed by atoms with E-state index in [1.54, 1.807) is 4.90 Å². The van der Waals surface area contributed by atoms with Crippen LogP contribution < -0.4 is 5.32 Å². The van der Waals surface area contributed by atoms with Crippen LogP contribution in [0.2, 0.25) is 0 Å². The molecule has 1 amide bonds. The van der Waals surface area contributed by atoms with Crippen molar-refractivity contribution in [3.05, 3.63) is 33.8 Å². The minimum atomic E-state index is -2.77. The Kier molecular flexibility index (Phi) is 3.54. The summed E-state index contributed by atoms with van der Waals surface area (Å²) in [4.78, 5) is 14.0. The standard InChI is InChI=1S/C14H15BrF2N2O/c15-11-3-1-2-9-7-19(5-4-10(9)11)13(20)12-6-14(16,17)8-18-12/h1-3,12,18H,4-8H2. The lowest BCUT2D eigenvalue weighted by atomic mass is 9.99. The highest BCUT2D eigenvalue weighted by molar-refractivity contribution is 9.10. The number of hydrogen-bond donors (Lipinski definition) is 1. The van der Waals surface area contributed by atoms with Gasteiger partial charge in [-0.25, -0.2) is 8.78 Å². The van der Waals surface area contributed by atoms with Gasteiger partial charge in [0.25, 0.3) is 5.92 Å². The van der Waals surface area contributed by atoms with Gasteiger partial charge < -0.3 is 4.90 Å². The molecule has 1 atom stereocenters. The van der Waals surface area contributed by atoms with Gasteiger partial charge in [0.1, 0.15) is 0 Å². The van der Waals surface area contributed by atoms with Gasteiger partial charge in [0.05, 0.1) is 12.6 Å². The van der Waals surface area contributed by atoms with E-state index in [1.165, 1.54) is 5.56 Å². The van der Waals surface area contributed by atoms with E-state index in [0.717, 1.165) is 16.5 Å². The Balaban J connectivity index is 1.73. The Labute approximate surface area is 124 Å². The van der Waals surface area contributed by atoms with Gasteiger partial charge in [-0.05, 0) is 23.6 Å². The quantitative estimate of drug-likeness (QED) is 0.847. The van der Waals surface area contributed by atoms with E-state index < -0.39 is 24.9 Å². The summed E-state index contributed by atoms with van der Waals surface area (Å²) in [6.45, 7) is 0.676. The second-order valence-electron chi connectivity index (χ2n) is 5.38. The van der Waals surface area contributed by atoms with Crippen LogP contribution in [-0.2, 0) is 17.8 Å². The Hall–Kier alpha value is -1.01. The van der Waals surface area contributed by atoms with Crippen molar-refractivity contribution in [2.45, 2.75) is 31.4 Å². The highest BCUT2D eigenvalue weighted by Crippen LogP contribution is 2.29. The maximum atomic E-state index is 13.2. The molecule has 0 radical (unpaired) electrons. The van der Waals surface area contributed by atoms with Crippen LogP contribution in [0.3, 0.4) is 0 Å². The summed E-state index contributed by atoms with van der Waals surface area (Å²) in [5.74, 6) is -2.98. The number of benzene rings is 1. The predicted octanol–water partition coefficient (Wildman–Crippen LogP) is 2.33. The number of rotatable bonds is 1. The third kappa shape index (κ3) is 2.59. The van der Waals surface area contributed by atoms with E-state index in [4.69, 9.17) is 0 Å². The molecular formula is C14H15BrF2N2O. The molecule has 0 aromatic heterocycles. The smallest absolute Gasteiger partial charge is 0.262 e. The van der Waals surface area contributed by atoms with Crippen molar-refractivity contribution in [1.29, 1.82) is 0 Å². The monoisotopic (exact) mass is 344 g/mol. The molecule has 1 aromatic carbocycles. The molecule has 1 saturated heterocycles. The van der Waals surface area contributed by atoms with Crippen LogP contribution in [0.25, 0.3) is 0 Å². The lowest BCUT2D eigenvalue weighted by molar-refractivity contribution is -0.134. The number of nitrogens with one attached hydrogen (secondary N) is 1. The zero-order valence-corrected chi connectivity index (χ0v) is 12.4. The molecule has 3 nitrogen and oxygen atoms in total. The lowest BCUT2D eigenvalue weighted by Gasteiger charge is -2.31. The summed E-state index contributed by atoms with van der Waals surface area (Å²) in [5.41, 5.74) is 2.30. The minimum Gasteiger partial charge on any atom is -0.337 e. The Morgan fingerprint density at radius 2 is 2.25 bits per heavy atom. The van der Waals surface area contributed by atoms with E-state index in [1.807, 2.05) is 18.2 Å². The van der Waals surface area contributed by atoms with Crippen molar-refractivity contribution in [3.8, 4) is 0 Å². The Morgan fingerprint density at radius 1 is 1.45 bits per heavy atom. The SMILES string of the molecule is O=C(C1CC(F)(F)CN1)N1CCc2c(Br)cccc2C1. The zero-order valence-electron chi connectivity index (χ0n) is 10.8. The van der Waals surface area contributed by atoms with E-state index in [0.29, 0.717) is 13.1 Å². The molecule has 0 saturated carbocycles. The van der Waals surface area contributed by atoms with Gasteiger partial charge in [-0.1, -0.05) is 28.1 Å². The largest absolute Gasteiger partial charge is 0.337 e. The van der Waals surface area contributed by atoms with Crippen LogP contribution in [0.15, 0.2) is 22.7 Å². The highest BCUT2D eigenvalue weighted by Gasteiger charge is 2.43. The molecule has 6 heteroatoms. The molecule has 0 spiro atoms. The third-order valence-corrected chi connectivity index (χ3v) is 4.67. The number of nitrogens with zero attached hydrogens (tertiary/aromatic N) is 1. The summed E-state index contributed by atoms with van der Waals surface area (Å²) >= 11 is 3.51. The van der Waals surface area contributed by atoms with Crippen LogP contribution in [0.1, 0.15) is 17.5 Å². The molecule has 0 bridgehead atoms. The van der Waals surface area contributed by atoms with E-state index >= 15 is 0 Å². The summed E-state index contributed by atoms with van der Waals surface area (Å²) in [5, 5.41) is 2.63. The number of carbonyl (C=O) groups is 1. The molecule has 1 N–H and O–H groups in total. The van der Waals surface area contributed by atoms with Gasteiger partial charge >= 0.3 is 0 Å². The van der Waals surface area contributed by atoms with Crippen molar-refractivity contribution in [1.82, 2.24) is 10.2 Å². The van der Waals surface area contributed by atoms with Crippen LogP contribution in [0.4, 0.5) is 8.78 Å². The first kappa shape index (κ1) is 13.9. The van der Waals surface area contributed by atoms with Gasteiger partial charge in [0.2, 0.25) is 5.91 Å². The number of fused-ring (bicyclic) bond motifs is 1. The summed E-state index contributed by atoms with van der Waals surface area (Å²) < 4.78 is 27.4. The van der Waals surface area contributed by atoms with Crippen LogP contribution in [0.5, 0.6) is 0 Å². The predicted molar refractivity (Wildman–Crippen MR) is 74.6 cm³/mol. The average Bonchev–Trinajstić information content (AvgIpc) is 2.78. The van der Waals surface area contributed by atoms with Gasteiger partial charge in [-0.15, -0.1) is 0 Å². The van der Waals surface area contributed by atoms with Crippen molar-refractivity contribution < 1.29 is 13.6 Å². The van der Waals surface area contributed by atoms with Crippen molar-refractivity contribution >= 4 is 21.8 Å². The molecule has 108 valence electrons. The summed E-state index contributed by atoms with van der Waals surface area (Å²) in [6, 6.07) is 5.14. The van der Waals surface area contributed by atoms with E-state index in [9.17, 15) is 13.6 Å². The fourth-order valence-corrected chi connectivity index (χ4v) is 3.47. The first-order chi connectivity index (χ1) is 9.46. The van der Waals surface area contributed by atoms with Crippen molar-refractivity contribution in [2.75, 3.05) is 13.1 Å². The van der Waals surface area contributed by atoms with Crippen molar-refractivity contribution in [2.24, 2.45) is 0 Å². The highest BCUT2D eigenvalue weighted by atomic mass is 79.9. The summed E-state index contributed by atoms with van der Waals surface area (Å²) in [7, 11) is 0. The molecular weight excluding hydrogens is 330 g/mol. The Morgan fingerprint density at radius 3 is 2.95 bits per heavy atom. The molecule has 1 fully saturated rings. The molecule has 3 rings (SSSR count). The number of halogens is 3. The van der Waals surface area contributed by atoms with Crippen LogP contribution in [-0.4, -0.2) is 35.9 Å². The van der Waals surface area contributed by atoms with Crippen LogP contribution >= 0.6 is 15.9 Å². The fraction of sp³-hybridized carbons (Fsp3) is 0.500. The van der Waals surface area contributed by atoms with Gasteiger partial charge in [-0.3, -0.25) is 10.1 Å². The molecule has 2 heterocycles. The maximum absolute atomic E-state index is 13.2. The normalized spacial score (nSPS) is 24.6. The second-order valence-corrected chi connectivity index (χ2v) is 6.24. The molecule has 2 aliphatic rings. The topological polar surface area (TPSA) is 32.3 Å². The number of carbonyl (C=O) groups excluding carboxylic acids is 1. The molecule has 1 unspecified atom stereocenters. The Bertz CT molecular complexity index is 550. The molecule has 1 aromatic rings. The third-order valence-electron chi connectivity index (χ3n) is 3.93. The van der Waals surface area contributed by atoms with Crippen molar-refractivity contribution in [3.63, 3.8) is 0 Å². The first-order valence-corrected chi connectivity index (χ1v) is 7.42. The van der Waals surface area contributed by atoms with Gasteiger partial charge in [0, 0.05) is 24.0 Å². The fourth-order valence-electron chi connectivity index (χ4n) is 2.86. The van der Waals surface area contributed by atoms with Crippen LogP contribution in [0, 0.1) is 0 Å². The molecule has 0 aliphatic carbocycles.